The van der Waals surface area contributed by atoms with Gasteiger partial charge in [-0.2, -0.15) is 0 Å². The molecule has 1 amide bonds. The number of pyridine rings is 1. The van der Waals surface area contributed by atoms with Gasteiger partial charge in [-0.1, -0.05) is 17.7 Å². The molecule has 1 aromatic heterocycles. The largest absolute Gasteiger partial charge is 0.345 e. The molecule has 1 heterocycles. The van der Waals surface area contributed by atoms with Gasteiger partial charge in [0.1, 0.15) is 0 Å². The second-order valence-electron chi connectivity index (χ2n) is 4.50. The molecule has 2 rings (SSSR count). The van der Waals surface area contributed by atoms with Crippen molar-refractivity contribution < 1.29 is 4.79 Å². The Hall–Kier alpha value is -2.16. The number of benzene rings is 1. The van der Waals surface area contributed by atoms with Crippen molar-refractivity contribution in [3.8, 4) is 0 Å². The van der Waals surface area contributed by atoms with Gasteiger partial charge >= 0.3 is 0 Å². The first-order chi connectivity index (χ1) is 8.56. The standard InChI is InChI=1S/C15H16N2O/c1-11-4-8-14-12(10-11)5-6-13(16-14)7-9-15(18)17(2)3/h4-10H,1-3H3/b9-7+. The fourth-order valence-electron chi connectivity index (χ4n) is 1.66. The van der Waals surface area contributed by atoms with E-state index >= 15 is 0 Å². The number of carbonyl (C=O) groups is 1. The second-order valence-corrected chi connectivity index (χ2v) is 4.50. The van der Waals surface area contributed by atoms with Crippen LogP contribution < -0.4 is 0 Å². The number of likely N-dealkylation sites (N-methyl/N-ethyl adjacent to an activating group) is 1. The van der Waals surface area contributed by atoms with Crippen molar-refractivity contribution in [3.05, 3.63) is 47.7 Å². The van der Waals surface area contributed by atoms with Crippen LogP contribution in [0.3, 0.4) is 0 Å². The molecule has 18 heavy (non-hydrogen) atoms. The van der Waals surface area contributed by atoms with Crippen LogP contribution in [-0.4, -0.2) is 29.9 Å². The molecule has 3 heteroatoms. The van der Waals surface area contributed by atoms with E-state index in [1.165, 1.54) is 16.5 Å². The molecule has 0 bridgehead atoms. The molecule has 0 radical (unpaired) electrons. The minimum Gasteiger partial charge on any atom is -0.345 e. The number of nitrogens with zero attached hydrogens (tertiary/aromatic N) is 2. The summed E-state index contributed by atoms with van der Waals surface area (Å²) in [6, 6.07) is 10.1. The molecule has 0 spiro atoms. The lowest BCUT2D eigenvalue weighted by Crippen LogP contribution is -2.18. The summed E-state index contributed by atoms with van der Waals surface area (Å²) in [6.07, 6.45) is 3.27. The molecule has 2 aromatic rings. The zero-order valence-electron chi connectivity index (χ0n) is 10.8. The van der Waals surface area contributed by atoms with E-state index in [1.807, 2.05) is 24.3 Å². The summed E-state index contributed by atoms with van der Waals surface area (Å²) in [4.78, 5) is 17.5. The van der Waals surface area contributed by atoms with Gasteiger partial charge in [-0.05, 0) is 31.2 Å². The molecule has 0 saturated heterocycles. The minimum absolute atomic E-state index is 0.0409. The van der Waals surface area contributed by atoms with E-state index in [-0.39, 0.29) is 5.91 Å². The van der Waals surface area contributed by atoms with E-state index in [2.05, 4.69) is 18.0 Å². The smallest absolute Gasteiger partial charge is 0.246 e. The molecular formula is C15H16N2O. The molecule has 0 atom stereocenters. The Morgan fingerprint density at radius 1 is 1.22 bits per heavy atom. The highest BCUT2D eigenvalue weighted by atomic mass is 16.2. The van der Waals surface area contributed by atoms with Crippen molar-refractivity contribution in [2.75, 3.05) is 14.1 Å². The predicted molar refractivity (Wildman–Crippen MR) is 74.2 cm³/mol. The fourth-order valence-corrected chi connectivity index (χ4v) is 1.66. The summed E-state index contributed by atoms with van der Waals surface area (Å²) < 4.78 is 0. The monoisotopic (exact) mass is 240 g/mol. The van der Waals surface area contributed by atoms with E-state index < -0.39 is 0 Å². The Kier molecular flexibility index (Phi) is 3.42. The van der Waals surface area contributed by atoms with Gasteiger partial charge in [0, 0.05) is 25.6 Å². The Morgan fingerprint density at radius 2 is 2.00 bits per heavy atom. The summed E-state index contributed by atoms with van der Waals surface area (Å²) in [7, 11) is 3.45. The third kappa shape index (κ3) is 2.74. The zero-order valence-corrected chi connectivity index (χ0v) is 10.8. The Balaban J connectivity index is 2.31. The second kappa shape index (κ2) is 5.00. The molecule has 1 aromatic carbocycles. The summed E-state index contributed by atoms with van der Waals surface area (Å²) in [5, 5.41) is 1.12. The van der Waals surface area contributed by atoms with Crippen molar-refractivity contribution >= 4 is 22.9 Å². The first-order valence-electron chi connectivity index (χ1n) is 5.83. The minimum atomic E-state index is -0.0409. The predicted octanol–water partition coefficient (Wildman–Crippen LogP) is 2.64. The lowest BCUT2D eigenvalue weighted by atomic mass is 10.1. The quantitative estimate of drug-likeness (QED) is 0.756. The van der Waals surface area contributed by atoms with Gasteiger partial charge in [0.2, 0.25) is 5.91 Å². The van der Waals surface area contributed by atoms with Gasteiger partial charge in [0.15, 0.2) is 0 Å². The van der Waals surface area contributed by atoms with Crippen LogP contribution in [0, 0.1) is 6.92 Å². The third-order valence-corrected chi connectivity index (χ3v) is 2.70. The van der Waals surface area contributed by atoms with Crippen LogP contribution in [0.4, 0.5) is 0 Å². The average Bonchev–Trinajstić information content (AvgIpc) is 2.35. The van der Waals surface area contributed by atoms with Crippen molar-refractivity contribution in [2.45, 2.75) is 6.92 Å². The summed E-state index contributed by atoms with van der Waals surface area (Å²) >= 11 is 0. The molecule has 0 aliphatic carbocycles. The molecule has 0 fully saturated rings. The van der Waals surface area contributed by atoms with Gasteiger partial charge in [-0.15, -0.1) is 0 Å². The number of aryl methyl sites for hydroxylation is 1. The maximum Gasteiger partial charge on any atom is 0.246 e. The normalized spacial score (nSPS) is 11.1. The summed E-state index contributed by atoms with van der Waals surface area (Å²) in [6.45, 7) is 2.06. The molecule has 3 nitrogen and oxygen atoms in total. The lowest BCUT2D eigenvalue weighted by molar-refractivity contribution is -0.123. The van der Waals surface area contributed by atoms with E-state index in [4.69, 9.17) is 0 Å². The van der Waals surface area contributed by atoms with Crippen LogP contribution in [0.2, 0.25) is 0 Å². The molecule has 0 aliphatic heterocycles. The Bertz CT molecular complexity index is 615. The maximum atomic E-state index is 11.4. The first kappa shape index (κ1) is 12.3. The van der Waals surface area contributed by atoms with E-state index in [1.54, 1.807) is 20.2 Å². The number of hydrogen-bond acceptors (Lipinski definition) is 2. The van der Waals surface area contributed by atoms with Gasteiger partial charge < -0.3 is 4.90 Å². The topological polar surface area (TPSA) is 33.2 Å². The number of aromatic nitrogens is 1. The zero-order chi connectivity index (χ0) is 13.1. The number of carbonyl (C=O) groups excluding carboxylic acids is 1. The van der Waals surface area contributed by atoms with E-state index in [9.17, 15) is 4.79 Å². The van der Waals surface area contributed by atoms with Gasteiger partial charge in [0.25, 0.3) is 0 Å². The van der Waals surface area contributed by atoms with Crippen molar-refractivity contribution in [2.24, 2.45) is 0 Å². The highest BCUT2D eigenvalue weighted by Crippen LogP contribution is 2.15. The van der Waals surface area contributed by atoms with Gasteiger partial charge in [0.05, 0.1) is 11.2 Å². The Morgan fingerprint density at radius 3 is 2.72 bits per heavy atom. The maximum absolute atomic E-state index is 11.4. The average molecular weight is 240 g/mol. The van der Waals surface area contributed by atoms with Crippen LogP contribution in [0.1, 0.15) is 11.3 Å². The molecule has 0 unspecified atom stereocenters. The van der Waals surface area contributed by atoms with E-state index in [0.29, 0.717) is 0 Å². The first-order valence-corrected chi connectivity index (χ1v) is 5.83. The summed E-state index contributed by atoms with van der Waals surface area (Å²) in [5.74, 6) is -0.0409. The summed E-state index contributed by atoms with van der Waals surface area (Å²) in [5.41, 5.74) is 2.96. The van der Waals surface area contributed by atoms with Gasteiger partial charge in [-0.25, -0.2) is 4.98 Å². The molecule has 0 aliphatic rings. The lowest BCUT2D eigenvalue weighted by Gasteiger charge is -2.05. The SMILES string of the molecule is Cc1ccc2nc(/C=C/C(=O)N(C)C)ccc2c1. The van der Waals surface area contributed by atoms with Gasteiger partial charge in [-0.3, -0.25) is 4.79 Å². The van der Waals surface area contributed by atoms with Crippen molar-refractivity contribution in [3.63, 3.8) is 0 Å². The molecule has 0 N–H and O–H groups in total. The number of fused-ring (bicyclic) bond motifs is 1. The van der Waals surface area contributed by atoms with Crippen molar-refractivity contribution in [1.29, 1.82) is 0 Å². The molecule has 92 valence electrons. The van der Waals surface area contributed by atoms with Crippen LogP contribution in [0.5, 0.6) is 0 Å². The molecule has 0 saturated carbocycles. The van der Waals surface area contributed by atoms with Crippen LogP contribution in [-0.2, 0) is 4.79 Å². The molecular weight excluding hydrogens is 224 g/mol. The van der Waals surface area contributed by atoms with Crippen LogP contribution >= 0.6 is 0 Å². The third-order valence-electron chi connectivity index (χ3n) is 2.70. The highest BCUT2D eigenvalue weighted by molar-refractivity contribution is 5.91. The van der Waals surface area contributed by atoms with Crippen molar-refractivity contribution in [1.82, 2.24) is 9.88 Å². The Labute approximate surface area is 107 Å². The fraction of sp³-hybridized carbons (Fsp3) is 0.200. The van der Waals surface area contributed by atoms with Crippen LogP contribution in [0.15, 0.2) is 36.4 Å². The van der Waals surface area contributed by atoms with Crippen LogP contribution in [0.25, 0.3) is 17.0 Å². The number of hydrogen-bond donors (Lipinski definition) is 0. The number of rotatable bonds is 2. The van der Waals surface area contributed by atoms with E-state index in [0.717, 1.165) is 16.6 Å². The highest BCUT2D eigenvalue weighted by Gasteiger charge is 1.99. The number of amides is 1.